The van der Waals surface area contributed by atoms with E-state index in [0.29, 0.717) is 12.2 Å². The quantitative estimate of drug-likeness (QED) is 0.362. The first-order valence-electron chi connectivity index (χ1n) is 4.32. The van der Waals surface area contributed by atoms with Gasteiger partial charge in [-0.3, -0.25) is 10.1 Å². The molecule has 2 rings (SSSR count). The molecule has 0 bridgehead atoms. The van der Waals surface area contributed by atoms with Crippen molar-refractivity contribution in [3.05, 3.63) is 39.9 Å². The van der Waals surface area contributed by atoms with Crippen LogP contribution in [0, 0.1) is 10.1 Å². The lowest BCUT2D eigenvalue weighted by Crippen LogP contribution is -2.26. The van der Waals surface area contributed by atoms with E-state index in [4.69, 9.17) is 39.5 Å². The molecule has 4 nitrogen and oxygen atoms in total. The fourth-order valence-corrected chi connectivity index (χ4v) is 2.07. The average molecular weight is 283 g/mol. The van der Waals surface area contributed by atoms with Crippen LogP contribution >= 0.6 is 34.8 Å². The monoisotopic (exact) mass is 281 g/mol. The summed E-state index contributed by atoms with van der Waals surface area (Å²) in [5.74, 6) is 0. The highest BCUT2D eigenvalue weighted by Crippen LogP contribution is 2.55. The summed E-state index contributed by atoms with van der Waals surface area (Å²) >= 11 is 17.4. The zero-order valence-corrected chi connectivity index (χ0v) is 10.1. The predicted octanol–water partition coefficient (Wildman–Crippen LogP) is 3.19. The maximum Gasteiger partial charge on any atom is 0.269 e. The Hall–Kier alpha value is -0.550. The van der Waals surface area contributed by atoms with Crippen LogP contribution in [-0.4, -0.2) is 15.3 Å². The van der Waals surface area contributed by atoms with Gasteiger partial charge in [-0.2, -0.15) is 0 Å². The Morgan fingerprint density at radius 2 is 1.81 bits per heavy atom. The lowest BCUT2D eigenvalue weighted by molar-refractivity contribution is -0.384. The lowest BCUT2D eigenvalue weighted by atomic mass is 10.0. The summed E-state index contributed by atoms with van der Waals surface area (Å²) in [4.78, 5) is 9.98. The third-order valence-electron chi connectivity index (χ3n) is 2.44. The van der Waals surface area contributed by atoms with Gasteiger partial charge in [-0.15, -0.1) is 0 Å². The van der Waals surface area contributed by atoms with Gasteiger partial charge in [-0.05, 0) is 17.7 Å². The van der Waals surface area contributed by atoms with Crippen LogP contribution in [0.4, 0.5) is 5.69 Å². The molecule has 1 aromatic carbocycles. The number of hydrogen-bond acceptors (Lipinski definition) is 3. The Bertz CT molecular complexity index is 423. The zero-order valence-electron chi connectivity index (χ0n) is 7.82. The van der Waals surface area contributed by atoms with Crippen molar-refractivity contribution in [3.63, 3.8) is 0 Å². The Labute approximate surface area is 106 Å². The minimum Gasteiger partial charge on any atom is -0.360 e. The minimum absolute atomic E-state index is 0.0103. The van der Waals surface area contributed by atoms with E-state index in [1.54, 1.807) is 0 Å². The van der Waals surface area contributed by atoms with E-state index in [1.165, 1.54) is 24.3 Å². The molecule has 0 unspecified atom stereocenters. The highest BCUT2D eigenvalue weighted by Gasteiger charge is 2.61. The largest absolute Gasteiger partial charge is 0.360 e. The Balaban J connectivity index is 2.33. The normalized spacial score (nSPS) is 24.2. The number of halogens is 3. The van der Waals surface area contributed by atoms with Crippen LogP contribution in [0.15, 0.2) is 24.3 Å². The highest BCUT2D eigenvalue weighted by molar-refractivity contribution is 6.68. The first-order valence-corrected chi connectivity index (χ1v) is 5.46. The molecule has 7 heteroatoms. The summed E-state index contributed by atoms with van der Waals surface area (Å²) in [7, 11) is 0. The van der Waals surface area contributed by atoms with Gasteiger partial charge in [0.1, 0.15) is 0 Å². The summed E-state index contributed by atoms with van der Waals surface area (Å²) in [6, 6.07) is 5.78. The average Bonchev–Trinajstić information content (AvgIpc) is 2.97. The number of benzene rings is 1. The van der Waals surface area contributed by atoms with Crippen molar-refractivity contribution in [3.8, 4) is 0 Å². The molecule has 1 aliphatic heterocycles. The van der Waals surface area contributed by atoms with Gasteiger partial charge in [0.15, 0.2) is 5.60 Å². The Morgan fingerprint density at radius 1 is 1.31 bits per heavy atom. The number of nitro benzene ring substituents is 1. The van der Waals surface area contributed by atoms with Crippen LogP contribution in [0.5, 0.6) is 0 Å². The van der Waals surface area contributed by atoms with Gasteiger partial charge in [0.2, 0.25) is 3.79 Å². The van der Waals surface area contributed by atoms with E-state index in [-0.39, 0.29) is 5.69 Å². The number of ether oxygens (including phenoxy) is 1. The van der Waals surface area contributed by atoms with E-state index < -0.39 is 14.3 Å². The SMILES string of the molecule is O=[N+]([O-])c1ccc([C@]2(C(Cl)(Cl)Cl)CO2)cc1. The summed E-state index contributed by atoms with van der Waals surface area (Å²) in [5.41, 5.74) is -0.353. The van der Waals surface area contributed by atoms with Crippen LogP contribution < -0.4 is 0 Å². The zero-order chi connectivity index (χ0) is 12.0. The second-order valence-corrected chi connectivity index (χ2v) is 5.70. The van der Waals surface area contributed by atoms with Gasteiger partial charge in [0, 0.05) is 12.1 Å². The van der Waals surface area contributed by atoms with E-state index in [0.717, 1.165) is 0 Å². The first kappa shape index (κ1) is 11.9. The number of hydrogen-bond donors (Lipinski definition) is 0. The standard InChI is InChI=1S/C9H6Cl3NO3/c10-9(11,12)8(5-16-8)6-1-3-7(4-2-6)13(14)15/h1-4H,5H2/t8-/m0/s1. The van der Waals surface area contributed by atoms with Crippen molar-refractivity contribution in [2.75, 3.05) is 6.61 Å². The van der Waals surface area contributed by atoms with Gasteiger partial charge in [-0.1, -0.05) is 34.8 Å². The topological polar surface area (TPSA) is 55.7 Å². The molecule has 1 atom stereocenters. The summed E-state index contributed by atoms with van der Waals surface area (Å²) < 4.78 is 3.60. The highest BCUT2D eigenvalue weighted by atomic mass is 35.6. The van der Waals surface area contributed by atoms with Gasteiger partial charge in [0.25, 0.3) is 5.69 Å². The fraction of sp³-hybridized carbons (Fsp3) is 0.333. The molecule has 1 aliphatic rings. The predicted molar refractivity (Wildman–Crippen MR) is 61.0 cm³/mol. The van der Waals surface area contributed by atoms with Crippen molar-refractivity contribution >= 4 is 40.5 Å². The summed E-state index contributed by atoms with van der Waals surface area (Å²) in [6.07, 6.45) is 0. The molecule has 1 fully saturated rings. The molecule has 0 aromatic heterocycles. The number of non-ortho nitro benzene ring substituents is 1. The van der Waals surface area contributed by atoms with E-state index in [9.17, 15) is 10.1 Å². The van der Waals surface area contributed by atoms with Crippen molar-refractivity contribution in [2.24, 2.45) is 0 Å². The molecule has 0 spiro atoms. The molecule has 1 heterocycles. The fourth-order valence-electron chi connectivity index (χ4n) is 1.42. The number of rotatable bonds is 2. The molecular weight excluding hydrogens is 276 g/mol. The summed E-state index contributed by atoms with van der Waals surface area (Å²) in [5, 5.41) is 10.5. The summed E-state index contributed by atoms with van der Waals surface area (Å²) in [6.45, 7) is 0.293. The minimum atomic E-state index is -1.58. The third-order valence-corrected chi connectivity index (χ3v) is 3.35. The molecular formula is C9H6Cl3NO3. The van der Waals surface area contributed by atoms with Crippen LogP contribution in [0.2, 0.25) is 0 Å². The number of nitro groups is 1. The van der Waals surface area contributed by atoms with Gasteiger partial charge in [0.05, 0.1) is 11.5 Å². The first-order chi connectivity index (χ1) is 7.37. The van der Waals surface area contributed by atoms with Crippen LogP contribution in [0.1, 0.15) is 5.56 Å². The smallest absolute Gasteiger partial charge is 0.269 e. The Kier molecular flexibility index (Phi) is 2.78. The lowest BCUT2D eigenvalue weighted by Gasteiger charge is -2.20. The molecule has 0 saturated carbocycles. The van der Waals surface area contributed by atoms with E-state index in [1.807, 2.05) is 0 Å². The van der Waals surface area contributed by atoms with Gasteiger partial charge in [-0.25, -0.2) is 0 Å². The molecule has 0 amide bonds. The molecule has 16 heavy (non-hydrogen) atoms. The molecule has 0 N–H and O–H groups in total. The van der Waals surface area contributed by atoms with E-state index in [2.05, 4.69) is 0 Å². The van der Waals surface area contributed by atoms with Crippen molar-refractivity contribution < 1.29 is 9.66 Å². The van der Waals surface area contributed by atoms with Gasteiger partial charge >= 0.3 is 0 Å². The van der Waals surface area contributed by atoms with Crippen LogP contribution in [-0.2, 0) is 10.3 Å². The second kappa shape index (κ2) is 3.74. The molecule has 0 radical (unpaired) electrons. The molecule has 86 valence electrons. The Morgan fingerprint density at radius 3 is 2.12 bits per heavy atom. The van der Waals surface area contributed by atoms with Crippen LogP contribution in [0.3, 0.4) is 0 Å². The van der Waals surface area contributed by atoms with Crippen molar-refractivity contribution in [2.45, 2.75) is 9.39 Å². The number of alkyl halides is 3. The van der Waals surface area contributed by atoms with Crippen molar-refractivity contribution in [1.82, 2.24) is 0 Å². The number of nitrogens with zero attached hydrogens (tertiary/aromatic N) is 1. The number of epoxide rings is 1. The van der Waals surface area contributed by atoms with Gasteiger partial charge < -0.3 is 4.74 Å². The van der Waals surface area contributed by atoms with Crippen LogP contribution in [0.25, 0.3) is 0 Å². The maximum atomic E-state index is 10.5. The van der Waals surface area contributed by atoms with Crippen molar-refractivity contribution in [1.29, 1.82) is 0 Å². The third kappa shape index (κ3) is 1.86. The second-order valence-electron chi connectivity index (χ2n) is 3.42. The molecule has 1 aromatic rings. The molecule has 0 aliphatic carbocycles. The maximum absolute atomic E-state index is 10.5. The van der Waals surface area contributed by atoms with E-state index >= 15 is 0 Å². The molecule has 1 saturated heterocycles.